The Bertz CT molecular complexity index is 256. The number of aliphatic hydroxyl groups is 1. The van der Waals surface area contributed by atoms with E-state index in [4.69, 9.17) is 0 Å². The molecule has 1 nitrogen and oxygen atoms in total. The zero-order valence-corrected chi connectivity index (χ0v) is 11.3. The maximum atomic E-state index is 9.88. The van der Waals surface area contributed by atoms with E-state index in [2.05, 4.69) is 31.4 Å². The minimum Gasteiger partial charge on any atom is -0.393 e. The molecule has 0 amide bonds. The summed E-state index contributed by atoms with van der Waals surface area (Å²) in [7, 11) is 0. The van der Waals surface area contributed by atoms with Crippen LogP contribution < -0.4 is 0 Å². The number of hydrogen-bond donors (Lipinski definition) is 1. The van der Waals surface area contributed by atoms with Crippen LogP contribution in [0, 0.1) is 5.92 Å². The topological polar surface area (TPSA) is 20.2 Å². The van der Waals surface area contributed by atoms with Crippen molar-refractivity contribution in [3.63, 3.8) is 0 Å². The highest BCUT2D eigenvalue weighted by molar-refractivity contribution is 7.09. The Morgan fingerprint density at radius 1 is 1.38 bits per heavy atom. The molecule has 1 aromatic rings. The fraction of sp³-hybridized carbons (Fsp3) is 0.714. The molecule has 0 aliphatic rings. The first-order valence-electron chi connectivity index (χ1n) is 6.42. The third-order valence-electron chi connectivity index (χ3n) is 3.00. The summed E-state index contributed by atoms with van der Waals surface area (Å²) in [5.74, 6) is 0.668. The molecule has 2 unspecified atom stereocenters. The van der Waals surface area contributed by atoms with Crippen molar-refractivity contribution < 1.29 is 5.11 Å². The van der Waals surface area contributed by atoms with Crippen LogP contribution in [0.3, 0.4) is 0 Å². The Kier molecular flexibility index (Phi) is 6.74. The fourth-order valence-electron chi connectivity index (χ4n) is 2.16. The number of aryl methyl sites for hydroxylation is 1. The normalized spacial score (nSPS) is 14.9. The summed E-state index contributed by atoms with van der Waals surface area (Å²) in [6, 6.07) is 4.27. The van der Waals surface area contributed by atoms with Crippen LogP contribution in [0.25, 0.3) is 0 Å². The van der Waals surface area contributed by atoms with Gasteiger partial charge in [0.15, 0.2) is 0 Å². The van der Waals surface area contributed by atoms with Crippen LogP contribution in [0.4, 0.5) is 0 Å². The molecular formula is C14H24OS. The van der Waals surface area contributed by atoms with Crippen molar-refractivity contribution in [3.05, 3.63) is 22.4 Å². The van der Waals surface area contributed by atoms with E-state index in [1.165, 1.54) is 17.7 Å². The van der Waals surface area contributed by atoms with Crippen LogP contribution in [0.15, 0.2) is 17.5 Å². The van der Waals surface area contributed by atoms with Gasteiger partial charge in [-0.15, -0.1) is 11.3 Å². The summed E-state index contributed by atoms with van der Waals surface area (Å²) in [6.45, 7) is 4.45. The highest BCUT2D eigenvalue weighted by Crippen LogP contribution is 2.17. The van der Waals surface area contributed by atoms with Gasteiger partial charge in [0.2, 0.25) is 0 Å². The van der Waals surface area contributed by atoms with Crippen LogP contribution in [0.5, 0.6) is 0 Å². The van der Waals surface area contributed by atoms with Crippen LogP contribution >= 0.6 is 11.3 Å². The molecule has 92 valence electrons. The zero-order valence-electron chi connectivity index (χ0n) is 10.5. The maximum absolute atomic E-state index is 9.88. The van der Waals surface area contributed by atoms with E-state index in [1.54, 1.807) is 0 Å². The third kappa shape index (κ3) is 5.66. The van der Waals surface area contributed by atoms with E-state index in [9.17, 15) is 5.11 Å². The molecular weight excluding hydrogens is 216 g/mol. The fourth-order valence-corrected chi connectivity index (χ4v) is 2.91. The average Bonchev–Trinajstić information content (AvgIpc) is 2.70. The van der Waals surface area contributed by atoms with Crippen molar-refractivity contribution in [2.45, 2.75) is 58.5 Å². The Balaban J connectivity index is 2.08. The van der Waals surface area contributed by atoms with Crippen LogP contribution in [0.2, 0.25) is 0 Å². The summed E-state index contributed by atoms with van der Waals surface area (Å²) in [5.41, 5.74) is 0. The second-order valence-electron chi connectivity index (χ2n) is 4.75. The van der Waals surface area contributed by atoms with Crippen LogP contribution in [-0.4, -0.2) is 11.2 Å². The SMILES string of the molecule is CCCC(C)CC(O)CCCc1cccs1. The van der Waals surface area contributed by atoms with Gasteiger partial charge in [-0.1, -0.05) is 32.8 Å². The first-order chi connectivity index (χ1) is 7.72. The first-order valence-corrected chi connectivity index (χ1v) is 7.30. The molecule has 1 aromatic heterocycles. The molecule has 0 fully saturated rings. The lowest BCUT2D eigenvalue weighted by molar-refractivity contribution is 0.132. The van der Waals surface area contributed by atoms with Gasteiger partial charge in [0, 0.05) is 4.88 Å². The Labute approximate surface area is 104 Å². The first kappa shape index (κ1) is 13.7. The highest BCUT2D eigenvalue weighted by atomic mass is 32.1. The maximum Gasteiger partial charge on any atom is 0.0543 e. The van der Waals surface area contributed by atoms with Gasteiger partial charge in [0.25, 0.3) is 0 Å². The number of thiophene rings is 1. The van der Waals surface area contributed by atoms with E-state index < -0.39 is 0 Å². The van der Waals surface area contributed by atoms with E-state index in [1.807, 2.05) is 11.3 Å². The lowest BCUT2D eigenvalue weighted by Gasteiger charge is -2.15. The summed E-state index contributed by atoms with van der Waals surface area (Å²) in [5, 5.41) is 12.0. The largest absolute Gasteiger partial charge is 0.393 e. The Morgan fingerprint density at radius 3 is 2.81 bits per heavy atom. The van der Waals surface area contributed by atoms with Crippen LogP contribution in [0.1, 0.15) is 50.8 Å². The minimum atomic E-state index is -0.0958. The molecule has 2 atom stereocenters. The van der Waals surface area contributed by atoms with Crippen molar-refractivity contribution >= 4 is 11.3 Å². The van der Waals surface area contributed by atoms with E-state index in [-0.39, 0.29) is 6.10 Å². The van der Waals surface area contributed by atoms with Gasteiger partial charge >= 0.3 is 0 Å². The minimum absolute atomic E-state index is 0.0958. The van der Waals surface area contributed by atoms with Gasteiger partial charge in [-0.3, -0.25) is 0 Å². The summed E-state index contributed by atoms with van der Waals surface area (Å²) in [6.07, 6.45) is 6.52. The number of hydrogen-bond acceptors (Lipinski definition) is 2. The molecule has 0 aliphatic carbocycles. The third-order valence-corrected chi connectivity index (χ3v) is 3.93. The lowest BCUT2D eigenvalue weighted by Crippen LogP contribution is -2.11. The van der Waals surface area contributed by atoms with E-state index in [0.717, 1.165) is 25.7 Å². The number of aliphatic hydroxyl groups excluding tert-OH is 1. The van der Waals surface area contributed by atoms with Gasteiger partial charge in [0.1, 0.15) is 0 Å². The molecule has 1 rings (SSSR count). The second-order valence-corrected chi connectivity index (χ2v) is 5.79. The molecule has 1 heterocycles. The monoisotopic (exact) mass is 240 g/mol. The lowest BCUT2D eigenvalue weighted by atomic mass is 9.96. The molecule has 1 N–H and O–H groups in total. The Hall–Kier alpha value is -0.340. The molecule has 0 aromatic carbocycles. The molecule has 0 aliphatic heterocycles. The summed E-state index contributed by atoms with van der Waals surface area (Å²) in [4.78, 5) is 1.44. The molecule has 0 saturated carbocycles. The van der Waals surface area contributed by atoms with Gasteiger partial charge in [0.05, 0.1) is 6.10 Å². The summed E-state index contributed by atoms with van der Waals surface area (Å²) < 4.78 is 0. The molecule has 0 bridgehead atoms. The van der Waals surface area contributed by atoms with Crippen molar-refractivity contribution in [1.29, 1.82) is 0 Å². The smallest absolute Gasteiger partial charge is 0.0543 e. The zero-order chi connectivity index (χ0) is 11.8. The van der Waals surface area contributed by atoms with Gasteiger partial charge in [-0.25, -0.2) is 0 Å². The van der Waals surface area contributed by atoms with Crippen molar-refractivity contribution in [3.8, 4) is 0 Å². The molecule has 16 heavy (non-hydrogen) atoms. The van der Waals surface area contributed by atoms with Gasteiger partial charge in [-0.05, 0) is 43.0 Å². The van der Waals surface area contributed by atoms with Crippen LogP contribution in [-0.2, 0) is 6.42 Å². The quantitative estimate of drug-likeness (QED) is 0.720. The van der Waals surface area contributed by atoms with E-state index >= 15 is 0 Å². The van der Waals surface area contributed by atoms with Crippen molar-refractivity contribution in [2.24, 2.45) is 5.92 Å². The van der Waals surface area contributed by atoms with Gasteiger partial charge in [-0.2, -0.15) is 0 Å². The predicted octanol–water partition coefficient (Wildman–Crippen LogP) is 4.26. The predicted molar refractivity (Wildman–Crippen MR) is 72.0 cm³/mol. The molecule has 0 radical (unpaired) electrons. The second kappa shape index (κ2) is 7.86. The highest BCUT2D eigenvalue weighted by Gasteiger charge is 2.09. The van der Waals surface area contributed by atoms with E-state index in [0.29, 0.717) is 5.92 Å². The molecule has 0 saturated heterocycles. The van der Waals surface area contributed by atoms with Crippen molar-refractivity contribution in [2.75, 3.05) is 0 Å². The van der Waals surface area contributed by atoms with Gasteiger partial charge < -0.3 is 5.11 Å². The van der Waals surface area contributed by atoms with Crippen molar-refractivity contribution in [1.82, 2.24) is 0 Å². The average molecular weight is 240 g/mol. The Morgan fingerprint density at radius 2 is 2.19 bits per heavy atom. The molecule has 2 heteroatoms. The summed E-state index contributed by atoms with van der Waals surface area (Å²) >= 11 is 1.81. The standard InChI is InChI=1S/C14H24OS/c1-3-6-12(2)11-13(15)7-4-8-14-9-5-10-16-14/h5,9-10,12-13,15H,3-4,6-8,11H2,1-2H3. The number of rotatable bonds is 8. The molecule has 0 spiro atoms.